The first-order valence-corrected chi connectivity index (χ1v) is 5.93. The molecule has 1 aliphatic heterocycles. The monoisotopic (exact) mass is 256 g/mol. The van der Waals surface area contributed by atoms with E-state index in [1.165, 1.54) is 11.0 Å². The van der Waals surface area contributed by atoms with Crippen LogP contribution in [-0.2, 0) is 9.53 Å². The predicted molar refractivity (Wildman–Crippen MR) is 66.4 cm³/mol. The van der Waals surface area contributed by atoms with Crippen LogP contribution in [0.3, 0.4) is 0 Å². The van der Waals surface area contributed by atoms with Crippen molar-refractivity contribution in [2.24, 2.45) is 0 Å². The lowest BCUT2D eigenvalue weighted by atomic mass is 10.1. The van der Waals surface area contributed by atoms with Gasteiger partial charge < -0.3 is 19.6 Å². The summed E-state index contributed by atoms with van der Waals surface area (Å²) in [6.45, 7) is 5.97. The maximum Gasteiger partial charge on any atom is 0.323 e. The molecule has 18 heavy (non-hydrogen) atoms. The molecule has 1 N–H and O–H groups in total. The van der Waals surface area contributed by atoms with Gasteiger partial charge in [0.05, 0.1) is 12.1 Å². The lowest BCUT2D eigenvalue weighted by Gasteiger charge is -2.31. The number of nitrogens with zero attached hydrogens (tertiary/aromatic N) is 2. The van der Waals surface area contributed by atoms with Crippen LogP contribution >= 0.6 is 0 Å². The Morgan fingerprint density at radius 2 is 2.22 bits per heavy atom. The summed E-state index contributed by atoms with van der Waals surface area (Å²) in [7, 11) is 1.68. The smallest absolute Gasteiger partial charge is 0.323 e. The quantitative estimate of drug-likeness (QED) is 0.738. The van der Waals surface area contributed by atoms with Crippen molar-refractivity contribution in [2.45, 2.75) is 25.5 Å². The SMILES string of the molecule is C=CCN(CC(=O)O)C(=O)N(C)C1CCOC1C. The van der Waals surface area contributed by atoms with Crippen molar-refractivity contribution in [1.82, 2.24) is 9.80 Å². The summed E-state index contributed by atoms with van der Waals surface area (Å²) in [5, 5.41) is 8.79. The molecule has 6 heteroatoms. The van der Waals surface area contributed by atoms with Crippen LogP contribution in [0.15, 0.2) is 12.7 Å². The van der Waals surface area contributed by atoms with E-state index in [1.807, 2.05) is 6.92 Å². The van der Waals surface area contributed by atoms with Gasteiger partial charge in [-0.2, -0.15) is 0 Å². The van der Waals surface area contributed by atoms with Gasteiger partial charge in [-0.1, -0.05) is 6.08 Å². The van der Waals surface area contributed by atoms with E-state index in [0.717, 1.165) is 6.42 Å². The van der Waals surface area contributed by atoms with E-state index in [9.17, 15) is 9.59 Å². The molecule has 102 valence electrons. The fraction of sp³-hybridized carbons (Fsp3) is 0.667. The van der Waals surface area contributed by atoms with Gasteiger partial charge in [-0.05, 0) is 13.3 Å². The van der Waals surface area contributed by atoms with Crippen LogP contribution in [0.25, 0.3) is 0 Å². The molecule has 0 aliphatic carbocycles. The number of aliphatic carboxylic acids is 1. The Hall–Kier alpha value is -1.56. The van der Waals surface area contributed by atoms with Crippen LogP contribution < -0.4 is 0 Å². The molecule has 1 heterocycles. The summed E-state index contributed by atoms with van der Waals surface area (Å²) in [6.07, 6.45) is 2.27. The van der Waals surface area contributed by atoms with Crippen LogP contribution in [0.1, 0.15) is 13.3 Å². The van der Waals surface area contributed by atoms with Crippen molar-refractivity contribution < 1.29 is 19.4 Å². The summed E-state index contributed by atoms with van der Waals surface area (Å²) in [6, 6.07) is -0.307. The number of likely N-dealkylation sites (N-methyl/N-ethyl adjacent to an activating group) is 1. The third kappa shape index (κ3) is 3.46. The van der Waals surface area contributed by atoms with E-state index in [-0.39, 0.29) is 31.3 Å². The van der Waals surface area contributed by atoms with Crippen LogP contribution in [-0.4, -0.2) is 65.8 Å². The number of carbonyl (C=O) groups is 2. The van der Waals surface area contributed by atoms with E-state index in [4.69, 9.17) is 9.84 Å². The minimum atomic E-state index is -1.03. The number of rotatable bonds is 5. The van der Waals surface area contributed by atoms with Gasteiger partial charge in [-0.15, -0.1) is 6.58 Å². The predicted octanol–water partition coefficient (Wildman–Crippen LogP) is 0.788. The number of ether oxygens (including phenoxy) is 1. The van der Waals surface area contributed by atoms with Gasteiger partial charge in [0, 0.05) is 20.2 Å². The summed E-state index contributed by atoms with van der Waals surface area (Å²) in [5.74, 6) is -1.03. The maximum atomic E-state index is 12.2. The van der Waals surface area contributed by atoms with Crippen molar-refractivity contribution in [2.75, 3.05) is 26.7 Å². The highest BCUT2D eigenvalue weighted by Gasteiger charge is 2.32. The third-order valence-electron chi connectivity index (χ3n) is 3.08. The first-order valence-electron chi connectivity index (χ1n) is 5.93. The van der Waals surface area contributed by atoms with Gasteiger partial charge in [0.25, 0.3) is 0 Å². The van der Waals surface area contributed by atoms with E-state index in [2.05, 4.69) is 6.58 Å². The molecule has 2 atom stereocenters. The average Bonchev–Trinajstić information content (AvgIpc) is 2.72. The second kappa shape index (κ2) is 6.39. The largest absolute Gasteiger partial charge is 0.480 e. The number of hydrogen-bond donors (Lipinski definition) is 1. The molecule has 6 nitrogen and oxygen atoms in total. The van der Waals surface area contributed by atoms with Crippen molar-refractivity contribution in [3.63, 3.8) is 0 Å². The average molecular weight is 256 g/mol. The molecule has 1 saturated heterocycles. The Bertz CT molecular complexity index is 332. The highest BCUT2D eigenvalue weighted by atomic mass is 16.5. The number of carboxylic acids is 1. The third-order valence-corrected chi connectivity index (χ3v) is 3.08. The van der Waals surface area contributed by atoms with Gasteiger partial charge >= 0.3 is 12.0 Å². The lowest BCUT2D eigenvalue weighted by molar-refractivity contribution is -0.137. The second-order valence-electron chi connectivity index (χ2n) is 4.39. The number of amides is 2. The number of carboxylic acid groups (broad SMARTS) is 1. The number of carbonyl (C=O) groups excluding carboxylic acids is 1. The highest BCUT2D eigenvalue weighted by Crippen LogP contribution is 2.19. The second-order valence-corrected chi connectivity index (χ2v) is 4.39. The molecular weight excluding hydrogens is 236 g/mol. The van der Waals surface area contributed by atoms with E-state index in [0.29, 0.717) is 6.61 Å². The lowest BCUT2D eigenvalue weighted by Crippen LogP contribution is -2.49. The molecule has 0 spiro atoms. The topological polar surface area (TPSA) is 70.1 Å². The normalized spacial score (nSPS) is 22.6. The van der Waals surface area contributed by atoms with Gasteiger partial charge in [-0.3, -0.25) is 4.79 Å². The van der Waals surface area contributed by atoms with E-state index < -0.39 is 5.97 Å². The molecule has 0 aromatic rings. The van der Waals surface area contributed by atoms with Crippen LogP contribution in [0.2, 0.25) is 0 Å². The van der Waals surface area contributed by atoms with Gasteiger partial charge in [0.1, 0.15) is 6.54 Å². The molecule has 1 rings (SSSR count). The van der Waals surface area contributed by atoms with Gasteiger partial charge in [0.15, 0.2) is 0 Å². The molecular formula is C12H20N2O4. The zero-order valence-electron chi connectivity index (χ0n) is 10.8. The Kier molecular flexibility index (Phi) is 5.15. The number of urea groups is 1. The summed E-state index contributed by atoms with van der Waals surface area (Å²) < 4.78 is 5.41. The van der Waals surface area contributed by atoms with E-state index in [1.54, 1.807) is 11.9 Å². The standard InChI is InChI=1S/C12H20N2O4/c1-4-6-14(8-11(15)16)12(17)13(3)10-5-7-18-9(10)2/h4,9-10H,1,5-8H2,2-3H3,(H,15,16). The van der Waals surface area contributed by atoms with Crippen LogP contribution in [0.5, 0.6) is 0 Å². The minimum Gasteiger partial charge on any atom is -0.480 e. The highest BCUT2D eigenvalue weighted by molar-refractivity contribution is 5.80. The fourth-order valence-corrected chi connectivity index (χ4v) is 2.12. The summed E-state index contributed by atoms with van der Waals surface area (Å²) in [4.78, 5) is 25.7. The molecule has 0 aromatic heterocycles. The molecule has 2 unspecified atom stereocenters. The van der Waals surface area contributed by atoms with Crippen molar-refractivity contribution in [3.05, 3.63) is 12.7 Å². The zero-order valence-corrected chi connectivity index (χ0v) is 10.8. The maximum absolute atomic E-state index is 12.2. The fourth-order valence-electron chi connectivity index (χ4n) is 2.12. The first-order chi connectivity index (χ1) is 8.47. The molecule has 0 aromatic carbocycles. The molecule has 1 aliphatic rings. The Morgan fingerprint density at radius 3 is 2.67 bits per heavy atom. The van der Waals surface area contributed by atoms with Crippen LogP contribution in [0.4, 0.5) is 4.79 Å². The van der Waals surface area contributed by atoms with Crippen molar-refractivity contribution in [1.29, 1.82) is 0 Å². The van der Waals surface area contributed by atoms with Gasteiger partial charge in [0.2, 0.25) is 0 Å². The molecule has 0 bridgehead atoms. The van der Waals surface area contributed by atoms with Gasteiger partial charge in [-0.25, -0.2) is 4.79 Å². The molecule has 1 fully saturated rings. The first kappa shape index (κ1) is 14.5. The molecule has 0 saturated carbocycles. The summed E-state index contributed by atoms with van der Waals surface area (Å²) >= 11 is 0. The minimum absolute atomic E-state index is 0.00129. The Labute approximate surface area is 107 Å². The Morgan fingerprint density at radius 1 is 1.56 bits per heavy atom. The zero-order chi connectivity index (χ0) is 13.7. The van der Waals surface area contributed by atoms with E-state index >= 15 is 0 Å². The molecule has 2 amide bonds. The van der Waals surface area contributed by atoms with Crippen LogP contribution in [0, 0.1) is 0 Å². The van der Waals surface area contributed by atoms with Crippen molar-refractivity contribution in [3.8, 4) is 0 Å². The summed E-state index contributed by atoms with van der Waals surface area (Å²) in [5.41, 5.74) is 0. The Balaban J connectivity index is 2.68. The number of hydrogen-bond acceptors (Lipinski definition) is 3. The molecule has 0 radical (unpaired) electrons. The van der Waals surface area contributed by atoms with Crippen molar-refractivity contribution >= 4 is 12.0 Å².